The minimum absolute atomic E-state index is 0.440. The first kappa shape index (κ1) is 14.6. The molecule has 0 aliphatic carbocycles. The zero-order chi connectivity index (χ0) is 16.0. The van der Waals surface area contributed by atoms with Gasteiger partial charge < -0.3 is 9.52 Å². The van der Waals surface area contributed by atoms with Crippen LogP contribution in [0.3, 0.4) is 0 Å². The van der Waals surface area contributed by atoms with Crippen molar-refractivity contribution >= 4 is 45.1 Å². The Labute approximate surface area is 142 Å². The van der Waals surface area contributed by atoms with E-state index in [9.17, 15) is 5.11 Å². The van der Waals surface area contributed by atoms with E-state index in [0.29, 0.717) is 15.6 Å². The monoisotopic (exact) mass is 342 g/mol. The summed E-state index contributed by atoms with van der Waals surface area (Å²) in [6, 6.07) is 18.6. The molecule has 1 N–H and O–H groups in total. The van der Waals surface area contributed by atoms with Crippen molar-refractivity contribution in [1.29, 1.82) is 0 Å². The van der Waals surface area contributed by atoms with Gasteiger partial charge in [0.1, 0.15) is 17.3 Å². The fraction of sp³-hybridized carbons (Fsp3) is 0.0526. The first-order valence-electron chi connectivity index (χ1n) is 7.18. The highest BCUT2D eigenvalue weighted by atomic mass is 35.5. The number of furan rings is 1. The van der Waals surface area contributed by atoms with Crippen molar-refractivity contribution in [3.05, 3.63) is 81.8 Å². The van der Waals surface area contributed by atoms with Gasteiger partial charge >= 0.3 is 0 Å². The van der Waals surface area contributed by atoms with E-state index in [2.05, 4.69) is 0 Å². The molecule has 0 saturated carbocycles. The predicted octanol–water partition coefficient (Wildman–Crippen LogP) is 5.97. The van der Waals surface area contributed by atoms with Crippen molar-refractivity contribution < 1.29 is 9.52 Å². The molecule has 0 spiro atoms. The number of hydrogen-bond acceptors (Lipinski definition) is 2. The molecule has 4 heteroatoms. The van der Waals surface area contributed by atoms with Gasteiger partial charge in [-0.2, -0.15) is 0 Å². The van der Waals surface area contributed by atoms with Crippen LogP contribution in [0.25, 0.3) is 21.9 Å². The van der Waals surface area contributed by atoms with Gasteiger partial charge in [-0.3, -0.25) is 0 Å². The first-order chi connectivity index (χ1) is 11.1. The van der Waals surface area contributed by atoms with Crippen LogP contribution in [0.5, 0.6) is 0 Å². The third-order valence-electron chi connectivity index (χ3n) is 3.98. The molecule has 0 unspecified atom stereocenters. The lowest BCUT2D eigenvalue weighted by molar-refractivity contribution is 0.220. The van der Waals surface area contributed by atoms with Gasteiger partial charge in [0, 0.05) is 26.4 Å². The van der Waals surface area contributed by atoms with E-state index in [4.69, 9.17) is 27.6 Å². The fourth-order valence-electron chi connectivity index (χ4n) is 2.82. The Balaban J connectivity index is 1.83. The number of fused-ring (bicyclic) bond motifs is 3. The van der Waals surface area contributed by atoms with E-state index < -0.39 is 6.10 Å². The largest absolute Gasteiger partial charge is 0.456 e. The number of hydrogen-bond donors (Lipinski definition) is 1. The molecule has 0 aliphatic rings. The van der Waals surface area contributed by atoms with Gasteiger partial charge in [0.2, 0.25) is 0 Å². The molecular weight excluding hydrogens is 331 g/mol. The third-order valence-corrected chi connectivity index (χ3v) is 4.54. The molecule has 114 valence electrons. The van der Waals surface area contributed by atoms with Gasteiger partial charge in [0.15, 0.2) is 0 Å². The summed E-state index contributed by atoms with van der Waals surface area (Å²) in [5, 5.41) is 13.7. The van der Waals surface area contributed by atoms with Gasteiger partial charge in [-0.25, -0.2) is 0 Å². The maximum atomic E-state index is 10.6. The van der Waals surface area contributed by atoms with Crippen molar-refractivity contribution in [3.8, 4) is 0 Å². The lowest BCUT2D eigenvalue weighted by atomic mass is 10.00. The highest BCUT2D eigenvalue weighted by Gasteiger charge is 2.16. The molecule has 0 amide bonds. The molecule has 23 heavy (non-hydrogen) atoms. The average Bonchev–Trinajstić information content (AvgIpc) is 2.92. The third kappa shape index (κ3) is 2.49. The van der Waals surface area contributed by atoms with E-state index in [1.165, 1.54) is 0 Å². The SMILES string of the molecule is O[C@H](c1ccc2c(c1)oc1ccccc12)c1ccc(Cl)cc1Cl. The summed E-state index contributed by atoms with van der Waals surface area (Å²) in [4.78, 5) is 0. The van der Waals surface area contributed by atoms with E-state index in [-0.39, 0.29) is 0 Å². The lowest BCUT2D eigenvalue weighted by Gasteiger charge is -2.13. The summed E-state index contributed by atoms with van der Waals surface area (Å²) < 4.78 is 5.86. The van der Waals surface area contributed by atoms with E-state index >= 15 is 0 Å². The molecular formula is C19H12Cl2O2. The molecule has 1 heterocycles. The van der Waals surface area contributed by atoms with Crippen LogP contribution in [-0.2, 0) is 0 Å². The standard InChI is InChI=1S/C19H12Cl2O2/c20-12-6-8-15(16(21)10-12)19(22)11-5-7-14-13-3-1-2-4-17(13)23-18(14)9-11/h1-10,19,22H/t19-/m1/s1. The molecule has 0 fully saturated rings. The van der Waals surface area contributed by atoms with Crippen molar-refractivity contribution in [2.75, 3.05) is 0 Å². The summed E-state index contributed by atoms with van der Waals surface area (Å²) >= 11 is 12.1. The van der Waals surface area contributed by atoms with Crippen LogP contribution in [0.1, 0.15) is 17.2 Å². The van der Waals surface area contributed by atoms with E-state index in [1.807, 2.05) is 42.5 Å². The summed E-state index contributed by atoms with van der Waals surface area (Å²) in [5.41, 5.74) is 2.92. The highest BCUT2D eigenvalue weighted by Crippen LogP contribution is 2.34. The molecule has 2 nitrogen and oxygen atoms in total. The maximum Gasteiger partial charge on any atom is 0.135 e. The first-order valence-corrected chi connectivity index (χ1v) is 7.93. The Kier molecular flexibility index (Phi) is 3.53. The molecule has 4 rings (SSSR count). The predicted molar refractivity (Wildman–Crippen MR) is 94.2 cm³/mol. The second kappa shape index (κ2) is 5.57. The normalized spacial score (nSPS) is 12.8. The molecule has 1 aromatic heterocycles. The number of aliphatic hydroxyl groups is 1. The number of halogens is 2. The Morgan fingerprint density at radius 3 is 2.43 bits per heavy atom. The summed E-state index contributed by atoms with van der Waals surface area (Å²) in [6.45, 7) is 0. The van der Waals surface area contributed by atoms with Gasteiger partial charge in [-0.1, -0.05) is 59.6 Å². The fourth-order valence-corrected chi connectivity index (χ4v) is 3.33. The number of rotatable bonds is 2. The van der Waals surface area contributed by atoms with Crippen LogP contribution in [0.2, 0.25) is 10.0 Å². The van der Waals surface area contributed by atoms with E-state index in [0.717, 1.165) is 27.5 Å². The Bertz CT molecular complexity index is 1020. The average molecular weight is 343 g/mol. The Morgan fingerprint density at radius 2 is 1.61 bits per heavy atom. The van der Waals surface area contributed by atoms with Gasteiger partial charge in [-0.15, -0.1) is 0 Å². The van der Waals surface area contributed by atoms with Gasteiger partial charge in [0.05, 0.1) is 0 Å². The summed E-state index contributed by atoms with van der Waals surface area (Å²) in [5.74, 6) is 0. The molecule has 0 bridgehead atoms. The Morgan fingerprint density at radius 1 is 0.826 bits per heavy atom. The minimum Gasteiger partial charge on any atom is -0.456 e. The molecule has 0 saturated heterocycles. The maximum absolute atomic E-state index is 10.6. The van der Waals surface area contributed by atoms with Crippen LogP contribution in [0, 0.1) is 0 Å². The zero-order valence-corrected chi connectivity index (χ0v) is 13.5. The molecule has 3 aromatic carbocycles. The van der Waals surface area contributed by atoms with Crippen molar-refractivity contribution in [1.82, 2.24) is 0 Å². The van der Waals surface area contributed by atoms with Crippen LogP contribution < -0.4 is 0 Å². The summed E-state index contributed by atoms with van der Waals surface area (Å²) in [6.07, 6.45) is -0.836. The van der Waals surface area contributed by atoms with Crippen LogP contribution in [-0.4, -0.2) is 5.11 Å². The topological polar surface area (TPSA) is 33.4 Å². The second-order valence-electron chi connectivity index (χ2n) is 5.42. The van der Waals surface area contributed by atoms with Crippen LogP contribution >= 0.6 is 23.2 Å². The number of aliphatic hydroxyl groups excluding tert-OH is 1. The van der Waals surface area contributed by atoms with Gasteiger partial charge in [-0.05, 0) is 29.8 Å². The smallest absolute Gasteiger partial charge is 0.135 e. The molecule has 4 aromatic rings. The summed E-state index contributed by atoms with van der Waals surface area (Å²) in [7, 11) is 0. The van der Waals surface area contributed by atoms with Gasteiger partial charge in [0.25, 0.3) is 0 Å². The number of benzene rings is 3. The zero-order valence-electron chi connectivity index (χ0n) is 12.0. The van der Waals surface area contributed by atoms with Crippen molar-refractivity contribution in [2.24, 2.45) is 0 Å². The van der Waals surface area contributed by atoms with E-state index in [1.54, 1.807) is 18.2 Å². The van der Waals surface area contributed by atoms with Crippen LogP contribution in [0.15, 0.2) is 65.1 Å². The minimum atomic E-state index is -0.836. The lowest BCUT2D eigenvalue weighted by Crippen LogP contribution is -2.00. The van der Waals surface area contributed by atoms with Crippen molar-refractivity contribution in [2.45, 2.75) is 6.10 Å². The molecule has 0 radical (unpaired) electrons. The van der Waals surface area contributed by atoms with Crippen molar-refractivity contribution in [3.63, 3.8) is 0 Å². The van der Waals surface area contributed by atoms with Crippen LogP contribution in [0.4, 0.5) is 0 Å². The second-order valence-corrected chi connectivity index (χ2v) is 6.27. The molecule has 1 atom stereocenters. The highest BCUT2D eigenvalue weighted by molar-refractivity contribution is 6.35. The number of para-hydroxylation sites is 1. The Hall–Kier alpha value is -2.00. The molecule has 0 aliphatic heterocycles. The quantitative estimate of drug-likeness (QED) is 0.486.